The zero-order valence-electron chi connectivity index (χ0n) is 8.38. The summed E-state index contributed by atoms with van der Waals surface area (Å²) < 4.78 is 5.57. The number of methoxy groups -OCH3 is 1. The van der Waals surface area contributed by atoms with Gasteiger partial charge in [0.05, 0.1) is 6.10 Å². The third-order valence-electron chi connectivity index (χ3n) is 5.20. The van der Waals surface area contributed by atoms with Crippen LogP contribution in [0.4, 0.5) is 0 Å². The first-order valence-corrected chi connectivity index (χ1v) is 5.52. The molecular weight excluding hydrogens is 162 g/mol. The molecule has 3 aliphatic rings. The summed E-state index contributed by atoms with van der Waals surface area (Å²) in [5.41, 5.74) is 7.01. The molecule has 3 rings (SSSR count). The van der Waals surface area contributed by atoms with E-state index in [4.69, 9.17) is 10.5 Å². The number of rotatable bonds is 2. The molecule has 0 saturated heterocycles. The summed E-state index contributed by atoms with van der Waals surface area (Å²) in [5.74, 6) is 0.833. The van der Waals surface area contributed by atoms with E-state index in [-0.39, 0.29) is 0 Å². The first-order valence-electron chi connectivity index (χ1n) is 5.52. The minimum Gasteiger partial charge on any atom is -0.381 e. The molecule has 3 aliphatic carbocycles. The van der Waals surface area contributed by atoms with Crippen molar-refractivity contribution in [2.75, 3.05) is 13.7 Å². The Balaban J connectivity index is 1.80. The largest absolute Gasteiger partial charge is 0.381 e. The minimum atomic E-state index is 0.567. The summed E-state index contributed by atoms with van der Waals surface area (Å²) >= 11 is 0. The van der Waals surface area contributed by atoms with E-state index >= 15 is 0 Å². The Morgan fingerprint density at radius 2 is 2.08 bits per heavy atom. The fourth-order valence-electron chi connectivity index (χ4n) is 4.15. The second-order valence-electron chi connectivity index (χ2n) is 5.23. The van der Waals surface area contributed by atoms with E-state index in [1.165, 1.54) is 32.1 Å². The maximum atomic E-state index is 5.76. The average Bonchev–Trinajstić information content (AvgIpc) is 2.73. The molecule has 0 aromatic carbocycles. The number of hydrogen-bond acceptors (Lipinski definition) is 2. The van der Waals surface area contributed by atoms with Crippen molar-refractivity contribution in [1.29, 1.82) is 0 Å². The van der Waals surface area contributed by atoms with Gasteiger partial charge in [-0.15, -0.1) is 0 Å². The van der Waals surface area contributed by atoms with E-state index in [0.717, 1.165) is 12.5 Å². The van der Waals surface area contributed by atoms with Crippen LogP contribution in [0.1, 0.15) is 32.1 Å². The predicted octanol–water partition coefficient (Wildman–Crippen LogP) is 1.54. The number of fused-ring (bicyclic) bond motifs is 1. The lowest BCUT2D eigenvalue weighted by molar-refractivity contribution is -0.205. The SMILES string of the molecule is COC1CC2(CC2CN)C12CCC2. The van der Waals surface area contributed by atoms with Crippen molar-refractivity contribution < 1.29 is 4.74 Å². The average molecular weight is 181 g/mol. The van der Waals surface area contributed by atoms with E-state index in [9.17, 15) is 0 Å². The van der Waals surface area contributed by atoms with Gasteiger partial charge < -0.3 is 10.5 Å². The number of ether oxygens (including phenoxy) is 1. The van der Waals surface area contributed by atoms with Gasteiger partial charge in [0.15, 0.2) is 0 Å². The molecule has 0 radical (unpaired) electrons. The summed E-state index contributed by atoms with van der Waals surface area (Å²) in [4.78, 5) is 0. The van der Waals surface area contributed by atoms with Crippen molar-refractivity contribution in [2.45, 2.75) is 38.2 Å². The van der Waals surface area contributed by atoms with Crippen LogP contribution in [-0.2, 0) is 4.74 Å². The lowest BCUT2D eigenvalue weighted by Crippen LogP contribution is -2.60. The van der Waals surface area contributed by atoms with Crippen LogP contribution < -0.4 is 5.73 Å². The minimum absolute atomic E-state index is 0.567. The van der Waals surface area contributed by atoms with E-state index in [0.29, 0.717) is 16.9 Å². The van der Waals surface area contributed by atoms with Gasteiger partial charge >= 0.3 is 0 Å². The van der Waals surface area contributed by atoms with Gasteiger partial charge in [-0.1, -0.05) is 6.42 Å². The van der Waals surface area contributed by atoms with Gasteiger partial charge in [-0.25, -0.2) is 0 Å². The molecule has 0 aliphatic heterocycles. The van der Waals surface area contributed by atoms with Crippen molar-refractivity contribution in [1.82, 2.24) is 0 Å². The smallest absolute Gasteiger partial charge is 0.0638 e. The molecule has 0 aromatic heterocycles. The second kappa shape index (κ2) is 2.29. The lowest BCUT2D eigenvalue weighted by Gasteiger charge is -2.63. The fraction of sp³-hybridized carbons (Fsp3) is 1.00. The highest BCUT2D eigenvalue weighted by Gasteiger charge is 2.77. The normalized spacial score (nSPS) is 50.3. The van der Waals surface area contributed by atoms with E-state index in [1.54, 1.807) is 0 Å². The third kappa shape index (κ3) is 0.701. The molecule has 13 heavy (non-hydrogen) atoms. The first kappa shape index (κ1) is 8.25. The van der Waals surface area contributed by atoms with Crippen LogP contribution in [0.5, 0.6) is 0 Å². The van der Waals surface area contributed by atoms with Gasteiger partial charge in [0.1, 0.15) is 0 Å². The maximum absolute atomic E-state index is 5.76. The molecule has 0 amide bonds. The van der Waals surface area contributed by atoms with Crippen molar-refractivity contribution in [3.63, 3.8) is 0 Å². The molecule has 3 unspecified atom stereocenters. The number of nitrogens with two attached hydrogens (primary N) is 1. The topological polar surface area (TPSA) is 35.2 Å². The zero-order valence-corrected chi connectivity index (χ0v) is 8.38. The van der Waals surface area contributed by atoms with Gasteiger partial charge in [0.25, 0.3) is 0 Å². The number of hydrogen-bond donors (Lipinski definition) is 1. The molecule has 0 aromatic rings. The van der Waals surface area contributed by atoms with Crippen LogP contribution in [0.15, 0.2) is 0 Å². The Labute approximate surface area is 79.8 Å². The summed E-state index contributed by atoms with van der Waals surface area (Å²) in [5, 5.41) is 0. The van der Waals surface area contributed by atoms with Crippen LogP contribution in [0, 0.1) is 16.7 Å². The van der Waals surface area contributed by atoms with Crippen molar-refractivity contribution >= 4 is 0 Å². The molecule has 3 atom stereocenters. The molecule has 2 N–H and O–H groups in total. The highest BCUT2D eigenvalue weighted by molar-refractivity contribution is 5.26. The summed E-state index contributed by atoms with van der Waals surface area (Å²) in [6.45, 7) is 0.901. The van der Waals surface area contributed by atoms with Gasteiger partial charge in [0, 0.05) is 12.5 Å². The van der Waals surface area contributed by atoms with Crippen molar-refractivity contribution in [3.8, 4) is 0 Å². The molecule has 2 spiro atoms. The maximum Gasteiger partial charge on any atom is 0.0638 e. The van der Waals surface area contributed by atoms with E-state index in [2.05, 4.69) is 0 Å². The molecule has 2 nitrogen and oxygen atoms in total. The molecule has 0 bridgehead atoms. The van der Waals surface area contributed by atoms with Crippen LogP contribution in [0.3, 0.4) is 0 Å². The van der Waals surface area contributed by atoms with Gasteiger partial charge in [0.2, 0.25) is 0 Å². The van der Waals surface area contributed by atoms with Crippen LogP contribution in [-0.4, -0.2) is 19.8 Å². The molecule has 0 heterocycles. The lowest BCUT2D eigenvalue weighted by atomic mass is 9.45. The summed E-state index contributed by atoms with van der Waals surface area (Å²) in [7, 11) is 1.87. The molecule has 3 fully saturated rings. The Kier molecular flexibility index (Phi) is 1.45. The van der Waals surface area contributed by atoms with Crippen molar-refractivity contribution in [3.05, 3.63) is 0 Å². The second-order valence-corrected chi connectivity index (χ2v) is 5.23. The Morgan fingerprint density at radius 1 is 1.31 bits per heavy atom. The van der Waals surface area contributed by atoms with Crippen molar-refractivity contribution in [2.24, 2.45) is 22.5 Å². The molecule has 74 valence electrons. The summed E-state index contributed by atoms with van der Waals surface area (Å²) in [6, 6.07) is 0. The van der Waals surface area contributed by atoms with Crippen LogP contribution >= 0.6 is 0 Å². The first-order chi connectivity index (χ1) is 6.29. The molecular formula is C11H19NO. The van der Waals surface area contributed by atoms with Gasteiger partial charge in [-0.05, 0) is 43.6 Å². The molecule has 3 saturated carbocycles. The van der Waals surface area contributed by atoms with E-state index in [1.807, 2.05) is 7.11 Å². The zero-order chi connectivity index (χ0) is 9.10. The molecule has 2 heteroatoms. The van der Waals surface area contributed by atoms with Crippen LogP contribution in [0.2, 0.25) is 0 Å². The highest BCUT2D eigenvalue weighted by atomic mass is 16.5. The third-order valence-corrected chi connectivity index (χ3v) is 5.20. The van der Waals surface area contributed by atoms with Crippen LogP contribution in [0.25, 0.3) is 0 Å². The van der Waals surface area contributed by atoms with Gasteiger partial charge in [-0.2, -0.15) is 0 Å². The van der Waals surface area contributed by atoms with Gasteiger partial charge in [-0.3, -0.25) is 0 Å². The quantitative estimate of drug-likeness (QED) is 0.701. The fourth-order valence-corrected chi connectivity index (χ4v) is 4.15. The monoisotopic (exact) mass is 181 g/mol. The highest BCUT2D eigenvalue weighted by Crippen LogP contribution is 2.80. The Hall–Kier alpha value is -0.0800. The standard InChI is InChI=1S/C11H19NO/c1-13-9-6-11(5-8(11)7-12)10(9)3-2-4-10/h8-9H,2-7,12H2,1H3. The Bertz CT molecular complexity index is 236. The Morgan fingerprint density at radius 3 is 2.46 bits per heavy atom. The summed E-state index contributed by atoms with van der Waals surface area (Å²) in [6.07, 6.45) is 7.48. The van der Waals surface area contributed by atoms with E-state index < -0.39 is 0 Å². The predicted molar refractivity (Wildman–Crippen MR) is 51.3 cm³/mol.